The second-order valence-electron chi connectivity index (χ2n) is 6.93. The van der Waals surface area contributed by atoms with Gasteiger partial charge in [-0.25, -0.2) is 9.78 Å². The van der Waals surface area contributed by atoms with E-state index in [-0.39, 0.29) is 16.7 Å². The van der Waals surface area contributed by atoms with Crippen LogP contribution in [0.5, 0.6) is 17.2 Å². The lowest BCUT2D eigenvalue weighted by molar-refractivity contribution is 0.0935. The van der Waals surface area contributed by atoms with Crippen molar-refractivity contribution in [3.05, 3.63) is 56.4 Å². The summed E-state index contributed by atoms with van der Waals surface area (Å²) in [6.45, 7) is 1.80. The van der Waals surface area contributed by atoms with E-state index in [0.29, 0.717) is 17.2 Å². The highest BCUT2D eigenvalue weighted by Crippen LogP contribution is 2.39. The van der Waals surface area contributed by atoms with Crippen molar-refractivity contribution in [2.75, 3.05) is 21.3 Å². The molecule has 1 N–H and O–H groups in total. The highest BCUT2D eigenvalue weighted by Gasteiger charge is 2.19. The first-order chi connectivity index (χ1) is 14.7. The Labute approximate surface area is 178 Å². The van der Waals surface area contributed by atoms with Crippen molar-refractivity contribution in [3.8, 4) is 17.2 Å². The Morgan fingerprint density at radius 2 is 1.61 bits per heavy atom. The number of pyridine rings is 1. The quantitative estimate of drug-likeness (QED) is 0.626. The van der Waals surface area contributed by atoms with E-state index in [0.717, 1.165) is 10.1 Å². The standard InChI is InChI=1S/C21H24N4O6/c1-11(12-9-15(29-4)17(31-6)16(10-12)30-5)22-19(26)14-8-7-13-18(23-14)24(2)21(28)25(3)20(13)27/h7-11H,1-6H3,(H,22,26)/t11-/m0/s1. The van der Waals surface area contributed by atoms with Gasteiger partial charge in [0.25, 0.3) is 11.5 Å². The number of aryl methyl sites for hydroxylation is 1. The molecule has 2 aromatic heterocycles. The first-order valence-corrected chi connectivity index (χ1v) is 9.41. The van der Waals surface area contributed by atoms with Crippen LogP contribution in [-0.4, -0.2) is 41.4 Å². The summed E-state index contributed by atoms with van der Waals surface area (Å²) in [5.41, 5.74) is -0.0437. The first kappa shape index (κ1) is 21.9. The fourth-order valence-corrected chi connectivity index (χ4v) is 3.29. The van der Waals surface area contributed by atoms with E-state index in [1.54, 1.807) is 19.1 Å². The summed E-state index contributed by atoms with van der Waals surface area (Å²) < 4.78 is 18.3. The molecule has 0 aliphatic rings. The van der Waals surface area contributed by atoms with E-state index < -0.39 is 23.2 Å². The van der Waals surface area contributed by atoms with Crippen LogP contribution >= 0.6 is 0 Å². The molecule has 3 rings (SSSR count). The molecular formula is C21H24N4O6. The maximum atomic E-state index is 12.8. The predicted octanol–water partition coefficient (Wildman–Crippen LogP) is 1.15. The lowest BCUT2D eigenvalue weighted by Gasteiger charge is -2.19. The molecule has 10 nitrogen and oxygen atoms in total. The van der Waals surface area contributed by atoms with Crippen LogP contribution in [0.15, 0.2) is 33.9 Å². The number of methoxy groups -OCH3 is 3. The van der Waals surface area contributed by atoms with Gasteiger partial charge in [-0.1, -0.05) is 0 Å². The molecule has 0 fully saturated rings. The van der Waals surface area contributed by atoms with E-state index in [2.05, 4.69) is 10.3 Å². The molecule has 2 heterocycles. The minimum atomic E-state index is -0.520. The fourth-order valence-electron chi connectivity index (χ4n) is 3.29. The van der Waals surface area contributed by atoms with Crippen LogP contribution in [0.4, 0.5) is 0 Å². The summed E-state index contributed by atoms with van der Waals surface area (Å²) in [6, 6.07) is 6.00. The highest BCUT2D eigenvalue weighted by atomic mass is 16.5. The molecule has 31 heavy (non-hydrogen) atoms. The lowest BCUT2D eigenvalue weighted by atomic mass is 10.1. The Bertz CT molecular complexity index is 1250. The Morgan fingerprint density at radius 3 is 2.16 bits per heavy atom. The van der Waals surface area contributed by atoms with Crippen molar-refractivity contribution in [2.45, 2.75) is 13.0 Å². The van der Waals surface area contributed by atoms with Crippen molar-refractivity contribution in [2.24, 2.45) is 14.1 Å². The number of amides is 1. The molecule has 1 amide bonds. The first-order valence-electron chi connectivity index (χ1n) is 9.41. The van der Waals surface area contributed by atoms with E-state index in [9.17, 15) is 14.4 Å². The molecule has 0 unspecified atom stereocenters. The van der Waals surface area contributed by atoms with Gasteiger partial charge in [-0.3, -0.25) is 18.7 Å². The Balaban J connectivity index is 1.95. The number of hydrogen-bond donors (Lipinski definition) is 1. The molecule has 1 aromatic carbocycles. The van der Waals surface area contributed by atoms with Gasteiger partial charge in [0.1, 0.15) is 11.3 Å². The number of nitrogens with one attached hydrogen (secondary N) is 1. The van der Waals surface area contributed by atoms with Crippen molar-refractivity contribution >= 4 is 16.9 Å². The van der Waals surface area contributed by atoms with Gasteiger partial charge in [0.15, 0.2) is 11.5 Å². The number of ether oxygens (including phenoxy) is 3. The third-order valence-corrected chi connectivity index (χ3v) is 5.07. The zero-order valence-corrected chi connectivity index (χ0v) is 18.2. The van der Waals surface area contributed by atoms with Gasteiger partial charge in [-0.15, -0.1) is 0 Å². The van der Waals surface area contributed by atoms with Gasteiger partial charge in [-0.05, 0) is 36.8 Å². The van der Waals surface area contributed by atoms with Gasteiger partial charge < -0.3 is 19.5 Å². The topological polar surface area (TPSA) is 114 Å². The number of carbonyl (C=O) groups excluding carboxylic acids is 1. The minimum absolute atomic E-state index is 0.0787. The molecule has 0 saturated carbocycles. The summed E-state index contributed by atoms with van der Waals surface area (Å²) in [4.78, 5) is 41.5. The van der Waals surface area contributed by atoms with E-state index in [1.807, 2.05) is 0 Å². The smallest absolute Gasteiger partial charge is 0.332 e. The van der Waals surface area contributed by atoms with Gasteiger partial charge in [0.05, 0.1) is 32.8 Å². The maximum Gasteiger partial charge on any atom is 0.332 e. The second-order valence-corrected chi connectivity index (χ2v) is 6.93. The summed E-state index contributed by atoms with van der Waals surface area (Å²) >= 11 is 0. The minimum Gasteiger partial charge on any atom is -0.493 e. The lowest BCUT2D eigenvalue weighted by Crippen LogP contribution is -2.37. The Morgan fingerprint density at radius 1 is 1.00 bits per heavy atom. The number of benzene rings is 1. The van der Waals surface area contributed by atoms with Gasteiger partial charge in [-0.2, -0.15) is 0 Å². The van der Waals surface area contributed by atoms with Crippen LogP contribution in [0.3, 0.4) is 0 Å². The monoisotopic (exact) mass is 428 g/mol. The molecule has 1 atom stereocenters. The number of carbonyl (C=O) groups is 1. The van der Waals surface area contributed by atoms with Crippen molar-refractivity contribution in [1.29, 1.82) is 0 Å². The molecule has 3 aromatic rings. The van der Waals surface area contributed by atoms with Crippen LogP contribution < -0.4 is 30.8 Å². The molecule has 0 aliphatic heterocycles. The fraction of sp³-hybridized carbons (Fsp3) is 0.333. The average molecular weight is 428 g/mol. The van der Waals surface area contributed by atoms with Crippen molar-refractivity contribution in [1.82, 2.24) is 19.4 Å². The number of fused-ring (bicyclic) bond motifs is 1. The normalized spacial score (nSPS) is 11.8. The molecule has 0 saturated heterocycles. The molecular weight excluding hydrogens is 404 g/mol. The summed E-state index contributed by atoms with van der Waals surface area (Å²) in [7, 11) is 7.42. The van der Waals surface area contributed by atoms with Gasteiger partial charge in [0.2, 0.25) is 5.75 Å². The van der Waals surface area contributed by atoms with Crippen LogP contribution in [0, 0.1) is 0 Å². The number of hydrogen-bond acceptors (Lipinski definition) is 7. The second kappa shape index (κ2) is 8.50. The largest absolute Gasteiger partial charge is 0.493 e. The molecule has 0 bridgehead atoms. The maximum absolute atomic E-state index is 12.8. The highest BCUT2D eigenvalue weighted by molar-refractivity contribution is 5.94. The zero-order valence-electron chi connectivity index (χ0n) is 18.2. The van der Waals surface area contributed by atoms with Crippen LogP contribution in [-0.2, 0) is 14.1 Å². The Kier molecular flexibility index (Phi) is 6.00. The van der Waals surface area contributed by atoms with E-state index in [4.69, 9.17) is 14.2 Å². The van der Waals surface area contributed by atoms with E-state index >= 15 is 0 Å². The third-order valence-electron chi connectivity index (χ3n) is 5.07. The molecule has 0 spiro atoms. The van der Waals surface area contributed by atoms with Gasteiger partial charge >= 0.3 is 5.69 Å². The molecule has 0 aliphatic carbocycles. The van der Waals surface area contributed by atoms with Crippen LogP contribution in [0.1, 0.15) is 29.0 Å². The zero-order chi connectivity index (χ0) is 22.9. The third kappa shape index (κ3) is 3.83. The van der Waals surface area contributed by atoms with E-state index in [1.165, 1.54) is 52.1 Å². The van der Waals surface area contributed by atoms with Crippen LogP contribution in [0.2, 0.25) is 0 Å². The van der Waals surface area contributed by atoms with Crippen molar-refractivity contribution in [3.63, 3.8) is 0 Å². The summed E-state index contributed by atoms with van der Waals surface area (Å²) in [6.07, 6.45) is 0. The number of aromatic nitrogens is 3. The Hall–Kier alpha value is -3.82. The summed E-state index contributed by atoms with van der Waals surface area (Å²) in [5.74, 6) is 0.919. The van der Waals surface area contributed by atoms with Crippen molar-refractivity contribution < 1.29 is 19.0 Å². The average Bonchev–Trinajstić information content (AvgIpc) is 2.79. The number of rotatable bonds is 6. The van der Waals surface area contributed by atoms with Gasteiger partial charge in [0, 0.05) is 14.1 Å². The summed E-state index contributed by atoms with van der Waals surface area (Å²) in [5, 5.41) is 3.10. The number of nitrogens with zero attached hydrogens (tertiary/aromatic N) is 3. The predicted molar refractivity (Wildman–Crippen MR) is 114 cm³/mol. The molecule has 10 heteroatoms. The van der Waals surface area contributed by atoms with Crippen LogP contribution in [0.25, 0.3) is 11.0 Å². The molecule has 164 valence electrons. The SMILES string of the molecule is COc1cc([C@H](C)NC(=O)c2ccc3c(=O)n(C)c(=O)n(C)c3n2)cc(OC)c1OC. The molecule has 0 radical (unpaired) electrons.